The van der Waals surface area contributed by atoms with Crippen molar-refractivity contribution in [1.29, 1.82) is 0 Å². The van der Waals surface area contributed by atoms with Crippen LogP contribution in [0, 0.1) is 0 Å². The lowest BCUT2D eigenvalue weighted by Gasteiger charge is -2.14. The summed E-state index contributed by atoms with van der Waals surface area (Å²) in [7, 11) is 0. The van der Waals surface area contributed by atoms with E-state index in [2.05, 4.69) is 40.3 Å². The smallest absolute Gasteiger partial charge is 0.115 e. The summed E-state index contributed by atoms with van der Waals surface area (Å²) < 4.78 is 1.09. The van der Waals surface area contributed by atoms with E-state index in [-0.39, 0.29) is 6.04 Å². The van der Waals surface area contributed by atoms with E-state index < -0.39 is 0 Å². The maximum absolute atomic E-state index is 9.44. The summed E-state index contributed by atoms with van der Waals surface area (Å²) in [4.78, 5) is 0. The summed E-state index contributed by atoms with van der Waals surface area (Å²) in [6.45, 7) is 2.90. The van der Waals surface area contributed by atoms with Crippen LogP contribution in [0.1, 0.15) is 24.1 Å². The minimum atomic E-state index is 0.209. The Hall–Kier alpha value is -1.32. The lowest BCUT2D eigenvalue weighted by molar-refractivity contribution is 0.472. The van der Waals surface area contributed by atoms with Crippen LogP contribution in [0.3, 0.4) is 0 Å². The average Bonchev–Trinajstić information content (AvgIpc) is 2.38. The van der Waals surface area contributed by atoms with Gasteiger partial charge in [-0.25, -0.2) is 0 Å². The molecule has 2 N–H and O–H groups in total. The van der Waals surface area contributed by atoms with Crippen LogP contribution in [0.25, 0.3) is 0 Å². The van der Waals surface area contributed by atoms with E-state index in [4.69, 9.17) is 0 Å². The predicted molar refractivity (Wildman–Crippen MR) is 77.5 cm³/mol. The monoisotopic (exact) mass is 305 g/mol. The molecule has 0 bridgehead atoms. The summed E-state index contributed by atoms with van der Waals surface area (Å²) >= 11 is 3.42. The third kappa shape index (κ3) is 3.59. The molecule has 2 aromatic rings. The number of phenolic OH excluding ortho intramolecular Hbond substituents is 1. The maximum atomic E-state index is 9.44. The fourth-order valence-electron chi connectivity index (χ4n) is 1.79. The van der Waals surface area contributed by atoms with Crippen molar-refractivity contribution in [2.45, 2.75) is 19.5 Å². The molecule has 0 spiro atoms. The zero-order chi connectivity index (χ0) is 13.0. The fraction of sp³-hybridized carbons (Fsp3) is 0.200. The molecule has 0 aliphatic carbocycles. The van der Waals surface area contributed by atoms with Crippen LogP contribution < -0.4 is 5.32 Å². The molecule has 0 heterocycles. The first-order valence-electron chi connectivity index (χ1n) is 5.92. The van der Waals surface area contributed by atoms with Crippen LogP contribution in [0.4, 0.5) is 0 Å². The van der Waals surface area contributed by atoms with Gasteiger partial charge in [-0.2, -0.15) is 0 Å². The Bertz CT molecular complexity index is 510. The normalized spacial score (nSPS) is 12.3. The van der Waals surface area contributed by atoms with Crippen molar-refractivity contribution in [2.75, 3.05) is 0 Å². The van der Waals surface area contributed by atoms with Gasteiger partial charge in [-0.1, -0.05) is 40.2 Å². The topological polar surface area (TPSA) is 32.3 Å². The Morgan fingerprint density at radius 1 is 1.17 bits per heavy atom. The Kier molecular flexibility index (Phi) is 4.39. The van der Waals surface area contributed by atoms with Crippen LogP contribution in [0.5, 0.6) is 5.75 Å². The molecule has 2 nitrogen and oxygen atoms in total. The highest BCUT2D eigenvalue weighted by Crippen LogP contribution is 2.18. The zero-order valence-corrected chi connectivity index (χ0v) is 11.8. The van der Waals surface area contributed by atoms with E-state index in [0.717, 1.165) is 16.6 Å². The van der Waals surface area contributed by atoms with Crippen LogP contribution >= 0.6 is 15.9 Å². The summed E-state index contributed by atoms with van der Waals surface area (Å²) in [5.74, 6) is 0.310. The Morgan fingerprint density at radius 2 is 1.89 bits per heavy atom. The van der Waals surface area contributed by atoms with Gasteiger partial charge < -0.3 is 10.4 Å². The van der Waals surface area contributed by atoms with E-state index in [1.54, 1.807) is 12.1 Å². The van der Waals surface area contributed by atoms with Gasteiger partial charge in [0.1, 0.15) is 5.75 Å². The highest BCUT2D eigenvalue weighted by molar-refractivity contribution is 9.10. The SMILES string of the molecule is CC(NCc1ccc(Br)cc1)c1cccc(O)c1. The van der Waals surface area contributed by atoms with Crippen LogP contribution in [0.2, 0.25) is 0 Å². The highest BCUT2D eigenvalue weighted by atomic mass is 79.9. The predicted octanol–water partition coefficient (Wildman–Crippen LogP) is 4.01. The largest absolute Gasteiger partial charge is 0.508 e. The summed E-state index contributed by atoms with van der Waals surface area (Å²) in [5, 5.41) is 12.9. The van der Waals surface area contributed by atoms with Gasteiger partial charge in [0.2, 0.25) is 0 Å². The molecule has 1 unspecified atom stereocenters. The molecule has 18 heavy (non-hydrogen) atoms. The van der Waals surface area contributed by atoms with Gasteiger partial charge in [-0.05, 0) is 42.3 Å². The number of nitrogens with one attached hydrogen (secondary N) is 1. The van der Waals surface area contributed by atoms with Gasteiger partial charge in [0.15, 0.2) is 0 Å². The van der Waals surface area contributed by atoms with Gasteiger partial charge in [0, 0.05) is 17.1 Å². The van der Waals surface area contributed by atoms with E-state index in [0.29, 0.717) is 5.75 Å². The van der Waals surface area contributed by atoms with E-state index in [1.807, 2.05) is 24.3 Å². The number of phenols is 1. The molecule has 0 amide bonds. The number of aromatic hydroxyl groups is 1. The van der Waals surface area contributed by atoms with Crippen LogP contribution in [-0.4, -0.2) is 5.11 Å². The second-order valence-corrected chi connectivity index (χ2v) is 5.24. The quantitative estimate of drug-likeness (QED) is 0.894. The van der Waals surface area contributed by atoms with Gasteiger partial charge in [0.05, 0.1) is 0 Å². The molecule has 1 atom stereocenters. The number of hydrogen-bond acceptors (Lipinski definition) is 2. The standard InChI is InChI=1S/C15H16BrNO/c1-11(13-3-2-4-15(18)9-13)17-10-12-5-7-14(16)8-6-12/h2-9,11,17-18H,10H2,1H3. The summed E-state index contributed by atoms with van der Waals surface area (Å²) in [6.07, 6.45) is 0. The van der Waals surface area contributed by atoms with E-state index in [1.165, 1.54) is 5.56 Å². The zero-order valence-electron chi connectivity index (χ0n) is 10.2. The molecule has 0 fully saturated rings. The van der Waals surface area contributed by atoms with Crippen molar-refractivity contribution in [2.24, 2.45) is 0 Å². The molecular weight excluding hydrogens is 290 g/mol. The van der Waals surface area contributed by atoms with E-state index >= 15 is 0 Å². The van der Waals surface area contributed by atoms with Crippen molar-refractivity contribution in [1.82, 2.24) is 5.32 Å². The molecule has 3 heteroatoms. The third-order valence-electron chi connectivity index (χ3n) is 2.90. The van der Waals surface area contributed by atoms with Gasteiger partial charge >= 0.3 is 0 Å². The van der Waals surface area contributed by atoms with Crippen LogP contribution in [0.15, 0.2) is 53.0 Å². The molecule has 0 saturated carbocycles. The highest BCUT2D eigenvalue weighted by Gasteiger charge is 2.05. The first kappa shape index (κ1) is 13.1. The van der Waals surface area contributed by atoms with Crippen molar-refractivity contribution in [3.8, 4) is 5.75 Å². The first-order valence-corrected chi connectivity index (χ1v) is 6.71. The third-order valence-corrected chi connectivity index (χ3v) is 3.42. The maximum Gasteiger partial charge on any atom is 0.115 e. The Morgan fingerprint density at radius 3 is 2.56 bits per heavy atom. The van der Waals surface area contributed by atoms with Crippen LogP contribution in [-0.2, 0) is 6.54 Å². The van der Waals surface area contributed by atoms with Crippen molar-refractivity contribution < 1.29 is 5.11 Å². The summed E-state index contributed by atoms with van der Waals surface area (Å²) in [6, 6.07) is 15.8. The summed E-state index contributed by atoms with van der Waals surface area (Å²) in [5.41, 5.74) is 2.33. The number of benzene rings is 2. The molecule has 0 radical (unpaired) electrons. The molecule has 0 saturated heterocycles. The van der Waals surface area contributed by atoms with Crippen molar-refractivity contribution in [3.63, 3.8) is 0 Å². The number of halogens is 1. The Labute approximate surface area is 116 Å². The van der Waals surface area contributed by atoms with E-state index in [9.17, 15) is 5.11 Å². The lowest BCUT2D eigenvalue weighted by Crippen LogP contribution is -2.17. The Balaban J connectivity index is 1.96. The molecule has 2 rings (SSSR count). The van der Waals surface area contributed by atoms with Crippen molar-refractivity contribution in [3.05, 3.63) is 64.1 Å². The average molecular weight is 306 g/mol. The molecule has 0 aliphatic rings. The minimum absolute atomic E-state index is 0.209. The van der Waals surface area contributed by atoms with Gasteiger partial charge in [-0.15, -0.1) is 0 Å². The molecule has 0 aromatic heterocycles. The van der Waals surface area contributed by atoms with Gasteiger partial charge in [-0.3, -0.25) is 0 Å². The molecular formula is C15H16BrNO. The minimum Gasteiger partial charge on any atom is -0.508 e. The number of rotatable bonds is 4. The first-order chi connectivity index (χ1) is 8.65. The lowest BCUT2D eigenvalue weighted by atomic mass is 10.1. The second-order valence-electron chi connectivity index (χ2n) is 4.32. The van der Waals surface area contributed by atoms with Crippen molar-refractivity contribution >= 4 is 15.9 Å². The molecule has 0 aliphatic heterocycles. The second kappa shape index (κ2) is 6.03. The van der Waals surface area contributed by atoms with Gasteiger partial charge in [0.25, 0.3) is 0 Å². The fourth-order valence-corrected chi connectivity index (χ4v) is 2.05. The molecule has 2 aromatic carbocycles. The molecule has 94 valence electrons. The number of hydrogen-bond donors (Lipinski definition) is 2.